The Labute approximate surface area is 166 Å². The summed E-state index contributed by atoms with van der Waals surface area (Å²) in [5.41, 5.74) is 8.30. The van der Waals surface area contributed by atoms with Crippen molar-refractivity contribution < 1.29 is 9.13 Å². The van der Waals surface area contributed by atoms with E-state index in [2.05, 4.69) is 27.6 Å². The highest BCUT2D eigenvalue weighted by molar-refractivity contribution is 5.87. The number of nitrogen functional groups attached to an aromatic ring is 1. The second-order valence-corrected chi connectivity index (χ2v) is 6.03. The fourth-order valence-electron chi connectivity index (χ4n) is 2.78. The van der Waals surface area contributed by atoms with Gasteiger partial charge in [-0.25, -0.2) is 9.37 Å². The molecule has 0 saturated carbocycles. The van der Waals surface area contributed by atoms with E-state index in [4.69, 9.17) is 21.1 Å². The standard InChI is InChI=1S/C20H18FN7O/c1-3-29-20-26-17(24)16-19(27-20)28(11-14-6-4-5-13(8-14)9-22)18(25-16)12(2)7-15(21)10-23/h4-8,10,23H,2-3,11H2,1H3,(H2,24,26,27)/b15-7+,23-10?. The van der Waals surface area contributed by atoms with Crippen LogP contribution in [0.5, 0.6) is 6.01 Å². The van der Waals surface area contributed by atoms with Crippen molar-refractivity contribution in [3.8, 4) is 12.1 Å². The van der Waals surface area contributed by atoms with Crippen LogP contribution in [0.25, 0.3) is 16.7 Å². The third-order valence-corrected chi connectivity index (χ3v) is 4.01. The van der Waals surface area contributed by atoms with Crippen LogP contribution in [0.4, 0.5) is 10.2 Å². The van der Waals surface area contributed by atoms with Gasteiger partial charge in [-0.05, 0) is 30.7 Å². The highest BCUT2D eigenvalue weighted by atomic mass is 19.1. The van der Waals surface area contributed by atoms with Crippen LogP contribution in [0.2, 0.25) is 0 Å². The lowest BCUT2D eigenvalue weighted by molar-refractivity contribution is 0.314. The number of hydrogen-bond donors (Lipinski definition) is 2. The zero-order valence-electron chi connectivity index (χ0n) is 15.7. The van der Waals surface area contributed by atoms with E-state index in [-0.39, 0.29) is 23.9 Å². The molecule has 0 amide bonds. The smallest absolute Gasteiger partial charge is 0.320 e. The first-order valence-corrected chi connectivity index (χ1v) is 8.69. The Balaban J connectivity index is 2.21. The lowest BCUT2D eigenvalue weighted by Gasteiger charge is -2.10. The molecular formula is C20H18FN7O. The van der Waals surface area contributed by atoms with E-state index in [1.807, 2.05) is 6.07 Å². The van der Waals surface area contributed by atoms with Crippen LogP contribution in [0.3, 0.4) is 0 Å². The van der Waals surface area contributed by atoms with E-state index in [1.165, 1.54) is 0 Å². The Morgan fingerprint density at radius 3 is 2.90 bits per heavy atom. The molecule has 0 aliphatic heterocycles. The first-order chi connectivity index (χ1) is 14.0. The van der Waals surface area contributed by atoms with E-state index in [0.717, 1.165) is 11.6 Å². The van der Waals surface area contributed by atoms with Gasteiger partial charge in [0.05, 0.1) is 31.0 Å². The predicted octanol–water partition coefficient (Wildman–Crippen LogP) is 3.24. The van der Waals surface area contributed by atoms with Gasteiger partial charge < -0.3 is 20.4 Å². The Morgan fingerprint density at radius 1 is 1.41 bits per heavy atom. The van der Waals surface area contributed by atoms with Gasteiger partial charge >= 0.3 is 6.01 Å². The number of benzene rings is 1. The summed E-state index contributed by atoms with van der Waals surface area (Å²) < 4.78 is 20.7. The van der Waals surface area contributed by atoms with Gasteiger partial charge in [0.25, 0.3) is 0 Å². The second kappa shape index (κ2) is 8.31. The fraction of sp³-hybridized carbons (Fsp3) is 0.150. The van der Waals surface area contributed by atoms with Gasteiger partial charge in [0, 0.05) is 5.57 Å². The van der Waals surface area contributed by atoms with Crippen molar-refractivity contribution in [3.63, 3.8) is 0 Å². The number of nitrogens with one attached hydrogen (secondary N) is 1. The molecule has 3 aromatic rings. The molecule has 2 aromatic heterocycles. The summed E-state index contributed by atoms with van der Waals surface area (Å²) in [6.07, 6.45) is 1.68. The molecule has 146 valence electrons. The monoisotopic (exact) mass is 391 g/mol. The summed E-state index contributed by atoms with van der Waals surface area (Å²) in [7, 11) is 0. The highest BCUT2D eigenvalue weighted by Gasteiger charge is 2.19. The molecule has 1 aromatic carbocycles. The summed E-state index contributed by atoms with van der Waals surface area (Å²) in [6, 6.07) is 9.25. The van der Waals surface area contributed by atoms with Crippen LogP contribution in [0.1, 0.15) is 23.9 Å². The van der Waals surface area contributed by atoms with Gasteiger partial charge in [-0.2, -0.15) is 15.2 Å². The molecular weight excluding hydrogens is 373 g/mol. The number of nitrogens with zero attached hydrogens (tertiary/aromatic N) is 5. The molecule has 0 saturated heterocycles. The summed E-state index contributed by atoms with van der Waals surface area (Å²) in [4.78, 5) is 12.9. The SMILES string of the molecule is C=C(/C=C(/F)C=N)c1nc2c(N)nc(OCC)nc2n1Cc1cccc(C#N)c1. The molecule has 0 aliphatic carbocycles. The Bertz CT molecular complexity index is 1170. The summed E-state index contributed by atoms with van der Waals surface area (Å²) in [5.74, 6) is -0.336. The molecule has 2 heterocycles. The van der Waals surface area contributed by atoms with Crippen LogP contribution in [-0.2, 0) is 6.54 Å². The normalized spacial score (nSPS) is 11.3. The molecule has 0 unspecified atom stereocenters. The minimum Gasteiger partial charge on any atom is -0.464 e. The molecule has 3 N–H and O–H groups in total. The van der Waals surface area contributed by atoms with Gasteiger partial charge in [0.15, 0.2) is 17.0 Å². The number of nitriles is 1. The van der Waals surface area contributed by atoms with Gasteiger partial charge in [-0.15, -0.1) is 0 Å². The second-order valence-electron chi connectivity index (χ2n) is 6.03. The molecule has 0 radical (unpaired) electrons. The Hall–Kier alpha value is -4.06. The molecule has 9 heteroatoms. The largest absolute Gasteiger partial charge is 0.464 e. The number of anilines is 1. The number of hydrogen-bond acceptors (Lipinski definition) is 7. The van der Waals surface area contributed by atoms with Gasteiger partial charge in [-0.3, -0.25) is 0 Å². The molecule has 0 atom stereocenters. The number of nitrogens with two attached hydrogens (primary N) is 1. The van der Waals surface area contributed by atoms with Crippen molar-refractivity contribution in [2.24, 2.45) is 0 Å². The van der Waals surface area contributed by atoms with Gasteiger partial charge in [-0.1, -0.05) is 18.7 Å². The first-order valence-electron chi connectivity index (χ1n) is 8.69. The third kappa shape index (κ3) is 4.11. The van der Waals surface area contributed by atoms with Crippen molar-refractivity contribution in [2.45, 2.75) is 13.5 Å². The van der Waals surface area contributed by atoms with E-state index in [0.29, 0.717) is 35.4 Å². The van der Waals surface area contributed by atoms with Crippen LogP contribution < -0.4 is 10.5 Å². The topological polar surface area (TPSA) is 126 Å². The maximum absolute atomic E-state index is 13.6. The first kappa shape index (κ1) is 19.7. The number of imidazole rings is 1. The number of aromatic nitrogens is 4. The predicted molar refractivity (Wildman–Crippen MR) is 108 cm³/mol. The van der Waals surface area contributed by atoms with E-state index < -0.39 is 5.83 Å². The summed E-state index contributed by atoms with van der Waals surface area (Å²) in [5, 5.41) is 16.2. The maximum Gasteiger partial charge on any atom is 0.320 e. The van der Waals surface area contributed by atoms with E-state index >= 15 is 0 Å². The van der Waals surface area contributed by atoms with Gasteiger partial charge in [0.2, 0.25) is 0 Å². The van der Waals surface area contributed by atoms with Crippen molar-refractivity contribution in [1.82, 2.24) is 19.5 Å². The molecule has 0 aliphatic rings. The zero-order valence-corrected chi connectivity index (χ0v) is 15.7. The number of ether oxygens (including phenoxy) is 1. The molecule has 0 spiro atoms. The Kier molecular flexibility index (Phi) is 5.64. The van der Waals surface area contributed by atoms with E-state index in [1.54, 1.807) is 29.7 Å². The molecule has 0 fully saturated rings. The molecule has 3 rings (SSSR count). The lowest BCUT2D eigenvalue weighted by Crippen LogP contribution is -2.07. The van der Waals surface area contributed by atoms with Crippen molar-refractivity contribution in [3.05, 3.63) is 59.7 Å². The van der Waals surface area contributed by atoms with Crippen LogP contribution in [0, 0.1) is 16.7 Å². The van der Waals surface area contributed by atoms with Crippen LogP contribution in [-0.4, -0.2) is 32.3 Å². The van der Waals surface area contributed by atoms with Gasteiger partial charge in [0.1, 0.15) is 11.7 Å². The number of allylic oxidation sites excluding steroid dienone is 3. The minimum absolute atomic E-state index is 0.0998. The minimum atomic E-state index is -0.769. The quantitative estimate of drug-likeness (QED) is 0.470. The van der Waals surface area contributed by atoms with Crippen LogP contribution in [0.15, 0.2) is 42.7 Å². The third-order valence-electron chi connectivity index (χ3n) is 4.01. The van der Waals surface area contributed by atoms with E-state index in [9.17, 15) is 4.39 Å². The number of fused-ring (bicyclic) bond motifs is 1. The Morgan fingerprint density at radius 2 is 2.21 bits per heavy atom. The zero-order chi connectivity index (χ0) is 21.0. The lowest BCUT2D eigenvalue weighted by atomic mass is 10.1. The van der Waals surface area contributed by atoms with Crippen LogP contribution >= 0.6 is 0 Å². The molecule has 0 bridgehead atoms. The number of halogens is 1. The fourth-order valence-corrected chi connectivity index (χ4v) is 2.78. The summed E-state index contributed by atoms with van der Waals surface area (Å²) in [6.45, 7) is 6.29. The summed E-state index contributed by atoms with van der Waals surface area (Å²) >= 11 is 0. The molecule has 8 nitrogen and oxygen atoms in total. The van der Waals surface area contributed by atoms with Crippen molar-refractivity contribution in [2.75, 3.05) is 12.3 Å². The average molecular weight is 391 g/mol. The van der Waals surface area contributed by atoms with Crippen molar-refractivity contribution >= 4 is 28.8 Å². The molecule has 29 heavy (non-hydrogen) atoms. The maximum atomic E-state index is 13.6. The number of rotatable bonds is 7. The highest BCUT2D eigenvalue weighted by Crippen LogP contribution is 2.27. The van der Waals surface area contributed by atoms with Crippen molar-refractivity contribution in [1.29, 1.82) is 10.7 Å². The average Bonchev–Trinajstić information content (AvgIpc) is 3.07.